The molecule has 5 nitrogen and oxygen atoms in total. The monoisotopic (exact) mass is 251 g/mol. The molecule has 0 aromatic heterocycles. The molecule has 5 heteroatoms. The number of nitrogens with zero attached hydrogens (tertiary/aromatic N) is 2. The van der Waals surface area contributed by atoms with Crippen molar-refractivity contribution in [3.8, 4) is 0 Å². The number of hydrogen-bond acceptors (Lipinski definition) is 3. The molecule has 18 heavy (non-hydrogen) atoms. The lowest BCUT2D eigenvalue weighted by atomic mass is 10.0. The van der Waals surface area contributed by atoms with Gasteiger partial charge in [-0.2, -0.15) is 0 Å². The molecule has 3 rings (SSSR count). The molecular formula is C13H21N3O2. The molecule has 2 amide bonds. The van der Waals surface area contributed by atoms with E-state index >= 15 is 0 Å². The fourth-order valence-electron chi connectivity index (χ4n) is 3.59. The predicted molar refractivity (Wildman–Crippen MR) is 66.6 cm³/mol. The number of amides is 2. The van der Waals surface area contributed by atoms with Crippen LogP contribution in [0.2, 0.25) is 0 Å². The lowest BCUT2D eigenvalue weighted by Gasteiger charge is -2.39. The highest BCUT2D eigenvalue weighted by atomic mass is 16.2. The molecule has 0 aromatic rings. The second kappa shape index (κ2) is 4.53. The van der Waals surface area contributed by atoms with Crippen LogP contribution < -0.4 is 5.73 Å². The second-order valence-corrected chi connectivity index (χ2v) is 5.77. The number of nitrogens with two attached hydrogens (primary N) is 1. The van der Waals surface area contributed by atoms with Gasteiger partial charge in [0.25, 0.3) is 0 Å². The van der Waals surface area contributed by atoms with E-state index in [2.05, 4.69) is 0 Å². The van der Waals surface area contributed by atoms with E-state index in [-0.39, 0.29) is 29.8 Å². The first-order chi connectivity index (χ1) is 8.66. The summed E-state index contributed by atoms with van der Waals surface area (Å²) in [5, 5.41) is 0. The summed E-state index contributed by atoms with van der Waals surface area (Å²) in [6.07, 6.45) is 4.52. The molecule has 0 bridgehead atoms. The summed E-state index contributed by atoms with van der Waals surface area (Å²) >= 11 is 0. The predicted octanol–water partition coefficient (Wildman–Crippen LogP) is -0.0530. The minimum absolute atomic E-state index is 0.0219. The van der Waals surface area contributed by atoms with Crippen LogP contribution >= 0.6 is 0 Å². The van der Waals surface area contributed by atoms with E-state index < -0.39 is 0 Å². The van der Waals surface area contributed by atoms with Crippen LogP contribution in [0.4, 0.5) is 0 Å². The molecule has 2 N–H and O–H groups in total. The molecule has 3 atom stereocenters. The van der Waals surface area contributed by atoms with E-state index in [1.54, 1.807) is 0 Å². The Bertz CT molecular complexity index is 371. The van der Waals surface area contributed by atoms with Gasteiger partial charge in [-0.3, -0.25) is 9.59 Å². The zero-order valence-corrected chi connectivity index (χ0v) is 10.7. The molecule has 0 radical (unpaired) electrons. The third-order valence-electron chi connectivity index (χ3n) is 4.69. The lowest BCUT2D eigenvalue weighted by Crippen LogP contribution is -2.55. The summed E-state index contributed by atoms with van der Waals surface area (Å²) in [7, 11) is 0. The van der Waals surface area contributed by atoms with Crippen LogP contribution in [0.25, 0.3) is 0 Å². The topological polar surface area (TPSA) is 66.6 Å². The Morgan fingerprint density at radius 3 is 2.78 bits per heavy atom. The minimum atomic E-state index is 0.0219. The maximum absolute atomic E-state index is 12.4. The summed E-state index contributed by atoms with van der Waals surface area (Å²) in [6, 6.07) is 0.300. The van der Waals surface area contributed by atoms with E-state index in [0.29, 0.717) is 26.1 Å². The van der Waals surface area contributed by atoms with Gasteiger partial charge in [0, 0.05) is 38.1 Å². The van der Waals surface area contributed by atoms with Gasteiger partial charge in [0.1, 0.15) is 0 Å². The maximum Gasteiger partial charge on any atom is 0.227 e. The van der Waals surface area contributed by atoms with Gasteiger partial charge in [-0.05, 0) is 19.3 Å². The Hall–Kier alpha value is -1.10. The van der Waals surface area contributed by atoms with E-state index in [0.717, 1.165) is 25.7 Å². The average molecular weight is 251 g/mol. The van der Waals surface area contributed by atoms with Gasteiger partial charge in [-0.1, -0.05) is 6.42 Å². The number of hydrogen-bond donors (Lipinski definition) is 1. The van der Waals surface area contributed by atoms with Crippen molar-refractivity contribution in [2.24, 2.45) is 11.7 Å². The summed E-state index contributed by atoms with van der Waals surface area (Å²) in [6.45, 7) is 2.11. The van der Waals surface area contributed by atoms with Gasteiger partial charge < -0.3 is 15.5 Å². The summed E-state index contributed by atoms with van der Waals surface area (Å²) in [4.78, 5) is 27.9. The van der Waals surface area contributed by atoms with Gasteiger partial charge in [0.2, 0.25) is 11.8 Å². The summed E-state index contributed by atoms with van der Waals surface area (Å²) in [5.41, 5.74) is 6.00. The van der Waals surface area contributed by atoms with Crippen LogP contribution in [0.3, 0.4) is 0 Å². The zero-order chi connectivity index (χ0) is 12.7. The number of fused-ring (bicyclic) bond motifs is 1. The SMILES string of the molecule is NC1CCCC1C(=O)N1CCN2C(=O)CCC2C1. The largest absolute Gasteiger partial charge is 0.339 e. The first-order valence-corrected chi connectivity index (χ1v) is 7.00. The highest BCUT2D eigenvalue weighted by Crippen LogP contribution is 2.28. The minimum Gasteiger partial charge on any atom is -0.339 e. The van der Waals surface area contributed by atoms with Crippen LogP contribution in [-0.2, 0) is 9.59 Å². The zero-order valence-electron chi connectivity index (χ0n) is 10.7. The molecule has 2 heterocycles. The second-order valence-electron chi connectivity index (χ2n) is 5.77. The standard InChI is InChI=1S/C13H21N3O2/c14-11-3-1-2-10(11)13(18)15-6-7-16-9(8-15)4-5-12(16)17/h9-11H,1-8,14H2. The van der Waals surface area contributed by atoms with Crippen molar-refractivity contribution in [1.82, 2.24) is 9.80 Å². The van der Waals surface area contributed by atoms with Crippen molar-refractivity contribution in [2.75, 3.05) is 19.6 Å². The van der Waals surface area contributed by atoms with Gasteiger partial charge in [0.05, 0.1) is 5.92 Å². The third-order valence-corrected chi connectivity index (χ3v) is 4.69. The molecule has 1 saturated carbocycles. The number of rotatable bonds is 1. The molecule has 0 spiro atoms. The molecule has 1 aliphatic carbocycles. The fraction of sp³-hybridized carbons (Fsp3) is 0.846. The van der Waals surface area contributed by atoms with E-state index in [9.17, 15) is 9.59 Å². The van der Waals surface area contributed by atoms with Crippen LogP contribution in [0, 0.1) is 5.92 Å². The number of carbonyl (C=O) groups excluding carboxylic acids is 2. The highest BCUT2D eigenvalue weighted by molar-refractivity contribution is 5.82. The fourth-order valence-corrected chi connectivity index (χ4v) is 3.59. The van der Waals surface area contributed by atoms with Crippen molar-refractivity contribution in [3.63, 3.8) is 0 Å². The quantitative estimate of drug-likeness (QED) is 0.710. The van der Waals surface area contributed by atoms with Crippen LogP contribution in [0.15, 0.2) is 0 Å². The Labute approximate surface area is 107 Å². The molecule has 3 aliphatic rings. The van der Waals surface area contributed by atoms with Gasteiger partial charge in [-0.25, -0.2) is 0 Å². The number of carbonyl (C=O) groups is 2. The molecular weight excluding hydrogens is 230 g/mol. The molecule has 2 aliphatic heterocycles. The van der Waals surface area contributed by atoms with Crippen molar-refractivity contribution >= 4 is 11.8 Å². The molecule has 3 fully saturated rings. The first-order valence-electron chi connectivity index (χ1n) is 7.00. The normalized spacial score (nSPS) is 36.1. The molecule has 2 saturated heterocycles. The van der Waals surface area contributed by atoms with Crippen LogP contribution in [0.5, 0.6) is 0 Å². The third kappa shape index (κ3) is 1.90. The first kappa shape index (κ1) is 12.0. The van der Waals surface area contributed by atoms with Crippen LogP contribution in [-0.4, -0.2) is 53.3 Å². The summed E-state index contributed by atoms with van der Waals surface area (Å²) < 4.78 is 0. The van der Waals surface area contributed by atoms with Crippen molar-refractivity contribution in [1.29, 1.82) is 0 Å². The maximum atomic E-state index is 12.4. The number of piperazine rings is 1. The van der Waals surface area contributed by atoms with E-state index in [4.69, 9.17) is 5.73 Å². The van der Waals surface area contributed by atoms with Crippen molar-refractivity contribution in [2.45, 2.75) is 44.2 Å². The Kier molecular flexibility index (Phi) is 3.01. The smallest absolute Gasteiger partial charge is 0.227 e. The highest BCUT2D eigenvalue weighted by Gasteiger charge is 2.40. The lowest BCUT2D eigenvalue weighted by molar-refractivity contribution is -0.142. The molecule has 0 aromatic carbocycles. The van der Waals surface area contributed by atoms with Gasteiger partial charge >= 0.3 is 0 Å². The Balaban J connectivity index is 1.64. The Morgan fingerprint density at radius 1 is 1.22 bits per heavy atom. The molecule has 100 valence electrons. The van der Waals surface area contributed by atoms with Crippen LogP contribution in [0.1, 0.15) is 32.1 Å². The van der Waals surface area contributed by atoms with Gasteiger partial charge in [-0.15, -0.1) is 0 Å². The van der Waals surface area contributed by atoms with E-state index in [1.807, 2.05) is 9.80 Å². The van der Waals surface area contributed by atoms with E-state index in [1.165, 1.54) is 0 Å². The Morgan fingerprint density at radius 2 is 2.06 bits per heavy atom. The van der Waals surface area contributed by atoms with Crippen molar-refractivity contribution < 1.29 is 9.59 Å². The average Bonchev–Trinajstić information content (AvgIpc) is 2.95. The van der Waals surface area contributed by atoms with Crippen molar-refractivity contribution in [3.05, 3.63) is 0 Å². The summed E-state index contributed by atoms with van der Waals surface area (Å²) in [5.74, 6) is 0.498. The van der Waals surface area contributed by atoms with Gasteiger partial charge in [0.15, 0.2) is 0 Å². The molecule has 3 unspecified atom stereocenters.